The number of aliphatic hydroxyl groups excluding tert-OH is 1. The van der Waals surface area contributed by atoms with Crippen LogP contribution in [0.1, 0.15) is 64.3 Å². The first kappa shape index (κ1) is 26.3. The fourth-order valence-electron chi connectivity index (χ4n) is 5.15. The van der Waals surface area contributed by atoms with Gasteiger partial charge in [0.1, 0.15) is 0 Å². The van der Waals surface area contributed by atoms with E-state index in [1.165, 1.54) is 0 Å². The van der Waals surface area contributed by atoms with Gasteiger partial charge in [0.15, 0.2) is 8.32 Å². The van der Waals surface area contributed by atoms with E-state index < -0.39 is 8.32 Å². The third-order valence-corrected chi connectivity index (χ3v) is 12.7. The topological polar surface area (TPSA) is 58.6 Å². The van der Waals surface area contributed by atoms with Crippen LogP contribution < -0.4 is 5.32 Å². The molecule has 4 nitrogen and oxygen atoms in total. The molecule has 5 heteroatoms. The summed E-state index contributed by atoms with van der Waals surface area (Å²) >= 11 is 0. The summed E-state index contributed by atoms with van der Waals surface area (Å²) in [5.74, 6) is -0.0289. The lowest BCUT2D eigenvalue weighted by atomic mass is 10.0. The molecule has 0 saturated carbocycles. The van der Waals surface area contributed by atoms with Gasteiger partial charge in [-0.3, -0.25) is 4.79 Å². The van der Waals surface area contributed by atoms with E-state index in [2.05, 4.69) is 59.0 Å². The first-order valence-electron chi connectivity index (χ1n) is 11.9. The molecule has 0 saturated heterocycles. The number of amides is 1. The van der Waals surface area contributed by atoms with Crippen molar-refractivity contribution < 1.29 is 14.3 Å². The van der Waals surface area contributed by atoms with E-state index >= 15 is 0 Å². The van der Waals surface area contributed by atoms with E-state index in [1.54, 1.807) is 0 Å². The number of aliphatic hydroxyl groups is 1. The summed E-state index contributed by atoms with van der Waals surface area (Å²) < 4.78 is 6.84. The lowest BCUT2D eigenvalue weighted by molar-refractivity contribution is -0.121. The highest BCUT2D eigenvalue weighted by molar-refractivity contribution is 6.77. The molecule has 0 radical (unpaired) electrons. The molecular formula is C27H41NO3Si. The van der Waals surface area contributed by atoms with E-state index in [4.69, 9.17) is 4.43 Å². The third-order valence-electron chi connectivity index (χ3n) is 6.59. The summed E-state index contributed by atoms with van der Waals surface area (Å²) in [4.78, 5) is 13.1. The van der Waals surface area contributed by atoms with Crippen molar-refractivity contribution in [2.24, 2.45) is 0 Å². The van der Waals surface area contributed by atoms with Crippen LogP contribution in [0, 0.1) is 0 Å². The van der Waals surface area contributed by atoms with Crippen molar-refractivity contribution in [3.05, 3.63) is 71.3 Å². The molecule has 1 atom stereocenters. The lowest BCUT2D eigenvalue weighted by Gasteiger charge is -2.43. The van der Waals surface area contributed by atoms with Crippen molar-refractivity contribution in [3.8, 4) is 0 Å². The van der Waals surface area contributed by atoms with E-state index in [0.29, 0.717) is 36.1 Å². The summed E-state index contributed by atoms with van der Waals surface area (Å²) in [6, 6.07) is 17.7. The van der Waals surface area contributed by atoms with Gasteiger partial charge in [-0.05, 0) is 39.7 Å². The Labute approximate surface area is 195 Å². The van der Waals surface area contributed by atoms with E-state index in [0.717, 1.165) is 16.7 Å². The first-order chi connectivity index (χ1) is 15.2. The van der Waals surface area contributed by atoms with Crippen molar-refractivity contribution in [1.29, 1.82) is 0 Å². The van der Waals surface area contributed by atoms with Gasteiger partial charge in [0.25, 0.3) is 0 Å². The fraction of sp³-hybridized carbons (Fsp3) is 0.519. The molecule has 0 aromatic heterocycles. The van der Waals surface area contributed by atoms with Crippen LogP contribution in [0.15, 0.2) is 54.6 Å². The zero-order valence-corrected chi connectivity index (χ0v) is 21.6. The molecule has 0 spiro atoms. The molecule has 0 aliphatic rings. The molecule has 2 N–H and O–H groups in total. The molecular weight excluding hydrogens is 414 g/mol. The Morgan fingerprint density at radius 1 is 0.875 bits per heavy atom. The standard InChI is InChI=1S/C27H41NO3Si/c1-20(2)32(21(3)4,22(5)6)31-19-26(24-13-8-7-9-14-24)28-27(30)18-25-15-11-10-12-23(25)16-17-29/h7-15,20-22,26,29H,16-19H2,1-6H3,(H,28,30)/t26-/m0/s1. The quantitative estimate of drug-likeness (QED) is 0.397. The lowest BCUT2D eigenvalue weighted by Crippen LogP contribution is -2.49. The predicted octanol–water partition coefficient (Wildman–Crippen LogP) is 5.81. The Kier molecular flexibility index (Phi) is 10.1. The molecule has 2 rings (SSSR count). The van der Waals surface area contributed by atoms with Crippen LogP contribution >= 0.6 is 0 Å². The Morgan fingerprint density at radius 3 is 1.94 bits per heavy atom. The van der Waals surface area contributed by atoms with Gasteiger partial charge in [0.05, 0.1) is 19.1 Å². The van der Waals surface area contributed by atoms with Crippen molar-refractivity contribution in [1.82, 2.24) is 5.32 Å². The second kappa shape index (κ2) is 12.3. The summed E-state index contributed by atoms with van der Waals surface area (Å²) in [6.07, 6.45) is 0.848. The number of hydrogen-bond donors (Lipinski definition) is 2. The minimum absolute atomic E-state index is 0.0289. The maximum Gasteiger partial charge on any atom is 0.224 e. The Morgan fingerprint density at radius 2 is 1.41 bits per heavy atom. The van der Waals surface area contributed by atoms with Gasteiger partial charge in [0, 0.05) is 6.61 Å². The minimum atomic E-state index is -2.05. The van der Waals surface area contributed by atoms with Gasteiger partial charge >= 0.3 is 0 Å². The van der Waals surface area contributed by atoms with Gasteiger partial charge in [-0.25, -0.2) is 0 Å². The van der Waals surface area contributed by atoms with Gasteiger partial charge in [-0.1, -0.05) is 96.1 Å². The molecule has 176 valence electrons. The number of hydrogen-bond acceptors (Lipinski definition) is 3. The van der Waals surface area contributed by atoms with E-state index in [9.17, 15) is 9.90 Å². The normalized spacial score (nSPS) is 13.1. The van der Waals surface area contributed by atoms with Gasteiger partial charge < -0.3 is 14.8 Å². The highest BCUT2D eigenvalue weighted by atomic mass is 28.4. The molecule has 0 bridgehead atoms. The largest absolute Gasteiger partial charge is 0.414 e. The van der Waals surface area contributed by atoms with E-state index in [1.807, 2.05) is 42.5 Å². The molecule has 0 unspecified atom stereocenters. The van der Waals surface area contributed by atoms with Crippen LogP contribution in [-0.4, -0.2) is 32.5 Å². The van der Waals surface area contributed by atoms with Crippen LogP contribution in [0.5, 0.6) is 0 Å². The molecule has 0 heterocycles. The average molecular weight is 456 g/mol. The van der Waals surface area contributed by atoms with Crippen LogP contribution in [-0.2, 0) is 22.1 Å². The molecule has 1 amide bonds. The summed E-state index contributed by atoms with van der Waals surface area (Å²) in [5.41, 5.74) is 4.49. The Balaban J connectivity index is 2.22. The van der Waals surface area contributed by atoms with Crippen LogP contribution in [0.4, 0.5) is 0 Å². The van der Waals surface area contributed by atoms with Crippen molar-refractivity contribution >= 4 is 14.2 Å². The average Bonchev–Trinajstić information content (AvgIpc) is 2.74. The zero-order chi connectivity index (χ0) is 23.7. The number of carbonyl (C=O) groups excluding carboxylic acids is 1. The summed E-state index contributed by atoms with van der Waals surface area (Å²) in [7, 11) is -2.05. The number of rotatable bonds is 12. The molecule has 32 heavy (non-hydrogen) atoms. The number of carbonyl (C=O) groups is 1. The minimum Gasteiger partial charge on any atom is -0.414 e. The molecule has 0 aliphatic carbocycles. The fourth-order valence-corrected chi connectivity index (χ4v) is 10.6. The second-order valence-corrected chi connectivity index (χ2v) is 15.0. The highest BCUT2D eigenvalue weighted by Gasteiger charge is 2.45. The third kappa shape index (κ3) is 6.53. The van der Waals surface area contributed by atoms with E-state index in [-0.39, 0.29) is 18.6 Å². The van der Waals surface area contributed by atoms with Crippen molar-refractivity contribution in [2.75, 3.05) is 13.2 Å². The van der Waals surface area contributed by atoms with Crippen LogP contribution in [0.3, 0.4) is 0 Å². The second-order valence-electron chi connectivity index (χ2n) is 9.58. The summed E-state index contributed by atoms with van der Waals surface area (Å²) in [6.45, 7) is 14.2. The van der Waals surface area contributed by atoms with Gasteiger partial charge in [-0.2, -0.15) is 0 Å². The Bertz CT molecular complexity index is 814. The molecule has 0 aliphatic heterocycles. The SMILES string of the molecule is CC(C)[Si](OC[C@H](NC(=O)Cc1ccccc1CCO)c1ccccc1)(C(C)C)C(C)C. The molecule has 2 aromatic carbocycles. The molecule has 2 aromatic rings. The monoisotopic (exact) mass is 455 g/mol. The highest BCUT2D eigenvalue weighted by Crippen LogP contribution is 2.42. The maximum absolute atomic E-state index is 13.1. The maximum atomic E-state index is 13.1. The number of nitrogens with one attached hydrogen (secondary N) is 1. The van der Waals surface area contributed by atoms with Gasteiger partial charge in [0.2, 0.25) is 5.91 Å². The Hall–Kier alpha value is -1.95. The van der Waals surface area contributed by atoms with Crippen molar-refractivity contribution in [2.45, 2.75) is 77.0 Å². The van der Waals surface area contributed by atoms with Crippen LogP contribution in [0.25, 0.3) is 0 Å². The van der Waals surface area contributed by atoms with Crippen molar-refractivity contribution in [3.63, 3.8) is 0 Å². The van der Waals surface area contributed by atoms with Crippen LogP contribution in [0.2, 0.25) is 16.6 Å². The molecule has 0 fully saturated rings. The predicted molar refractivity (Wildman–Crippen MR) is 135 cm³/mol. The zero-order valence-electron chi connectivity index (χ0n) is 20.6. The van der Waals surface area contributed by atoms with Gasteiger partial charge in [-0.15, -0.1) is 0 Å². The summed E-state index contributed by atoms with van der Waals surface area (Å²) in [5, 5.41) is 12.6. The number of benzene rings is 2. The smallest absolute Gasteiger partial charge is 0.224 e. The first-order valence-corrected chi connectivity index (χ1v) is 14.0.